The van der Waals surface area contributed by atoms with E-state index in [0.29, 0.717) is 30.9 Å². The minimum absolute atomic E-state index is 0.0692. The average molecular weight is 461 g/mol. The number of pyridine rings is 1. The monoisotopic (exact) mass is 461 g/mol. The van der Waals surface area contributed by atoms with Gasteiger partial charge in [-0.25, -0.2) is 9.78 Å². The number of alkyl halides is 3. The number of hydrogen-bond acceptors (Lipinski definition) is 6. The van der Waals surface area contributed by atoms with Gasteiger partial charge in [0.2, 0.25) is 11.8 Å². The molecule has 1 aromatic heterocycles. The highest BCUT2D eigenvalue weighted by molar-refractivity contribution is 5.79. The fourth-order valence-electron chi connectivity index (χ4n) is 4.29. The lowest BCUT2D eigenvalue weighted by Crippen LogP contribution is -2.51. The molecule has 180 valence electrons. The summed E-state index contributed by atoms with van der Waals surface area (Å²) in [5.74, 6) is -1.77. The summed E-state index contributed by atoms with van der Waals surface area (Å²) in [7, 11) is 3.35. The number of carboxylic acid groups (broad SMARTS) is 1. The maximum Gasteiger partial charge on any atom is 0.490 e. The zero-order chi connectivity index (χ0) is 23.8. The molecule has 1 aromatic rings. The largest absolute Gasteiger partial charge is 0.490 e. The molecule has 8 nitrogen and oxygen atoms in total. The van der Waals surface area contributed by atoms with Crippen LogP contribution in [0.4, 0.5) is 13.2 Å². The molecule has 0 unspecified atom stereocenters. The minimum atomic E-state index is -5.08. The van der Waals surface area contributed by atoms with Crippen LogP contribution in [0.2, 0.25) is 0 Å². The van der Waals surface area contributed by atoms with Crippen LogP contribution < -0.4 is 10.1 Å². The highest BCUT2D eigenvalue weighted by Gasteiger charge is 2.46. The van der Waals surface area contributed by atoms with E-state index in [0.717, 1.165) is 50.8 Å². The molecule has 2 fully saturated rings. The molecule has 0 radical (unpaired) electrons. The van der Waals surface area contributed by atoms with Gasteiger partial charge in [-0.2, -0.15) is 13.2 Å². The normalized spacial score (nSPS) is 23.1. The number of hydrogen-bond donors (Lipinski definition) is 2. The van der Waals surface area contributed by atoms with Gasteiger partial charge in [-0.1, -0.05) is 6.07 Å². The van der Waals surface area contributed by atoms with Crippen molar-refractivity contribution in [2.45, 2.75) is 62.8 Å². The number of aromatic nitrogens is 1. The summed E-state index contributed by atoms with van der Waals surface area (Å²) in [6.07, 6.45) is 2.69. The van der Waals surface area contributed by atoms with Gasteiger partial charge < -0.3 is 24.8 Å². The van der Waals surface area contributed by atoms with Crippen molar-refractivity contribution in [2.24, 2.45) is 0 Å². The van der Waals surface area contributed by atoms with Crippen LogP contribution in [0, 0.1) is 0 Å². The van der Waals surface area contributed by atoms with E-state index in [2.05, 4.69) is 15.2 Å². The zero-order valence-corrected chi connectivity index (χ0v) is 18.3. The lowest BCUT2D eigenvalue weighted by atomic mass is 9.77. The molecule has 1 saturated heterocycles. The van der Waals surface area contributed by atoms with Crippen molar-refractivity contribution >= 4 is 11.9 Å². The summed E-state index contributed by atoms with van der Waals surface area (Å²) in [5.41, 5.74) is 1.16. The van der Waals surface area contributed by atoms with E-state index in [1.807, 2.05) is 12.1 Å². The average Bonchev–Trinajstić information content (AvgIpc) is 3.06. The second-order valence-corrected chi connectivity index (χ2v) is 7.89. The number of ether oxygens (including phenoxy) is 2. The highest BCUT2D eigenvalue weighted by Crippen LogP contribution is 2.42. The Morgan fingerprint density at radius 2 is 1.97 bits per heavy atom. The molecule has 0 bridgehead atoms. The molecule has 1 amide bonds. The first-order valence-corrected chi connectivity index (χ1v) is 10.4. The van der Waals surface area contributed by atoms with Crippen molar-refractivity contribution in [2.75, 3.05) is 27.4 Å². The van der Waals surface area contributed by atoms with E-state index in [1.165, 1.54) is 0 Å². The number of nitrogens with one attached hydrogen (secondary N) is 1. The molecular formula is C21H30F3N3O5. The molecule has 2 heterocycles. The topological polar surface area (TPSA) is 101 Å². The number of rotatable bonds is 7. The Labute approximate surface area is 185 Å². The van der Waals surface area contributed by atoms with Gasteiger partial charge in [0.05, 0.1) is 13.7 Å². The third-order valence-corrected chi connectivity index (χ3v) is 5.98. The van der Waals surface area contributed by atoms with Crippen LogP contribution in [0.5, 0.6) is 5.88 Å². The molecule has 1 aliphatic heterocycles. The summed E-state index contributed by atoms with van der Waals surface area (Å²) in [6, 6.07) is 4.47. The molecule has 1 spiro atoms. The first-order valence-electron chi connectivity index (χ1n) is 10.4. The van der Waals surface area contributed by atoms with Crippen LogP contribution in [0.25, 0.3) is 0 Å². The van der Waals surface area contributed by atoms with Gasteiger partial charge in [0.15, 0.2) is 0 Å². The molecule has 1 saturated carbocycles. The van der Waals surface area contributed by atoms with Gasteiger partial charge in [-0.3, -0.25) is 4.79 Å². The third-order valence-electron chi connectivity index (χ3n) is 5.98. The van der Waals surface area contributed by atoms with Crippen molar-refractivity contribution in [1.82, 2.24) is 15.2 Å². The predicted molar refractivity (Wildman–Crippen MR) is 109 cm³/mol. The minimum Gasteiger partial charge on any atom is -0.481 e. The van der Waals surface area contributed by atoms with Crippen molar-refractivity contribution in [3.8, 4) is 5.88 Å². The molecular weight excluding hydrogens is 431 g/mol. The number of carbonyl (C=O) groups excluding carboxylic acids is 1. The molecule has 32 heavy (non-hydrogen) atoms. The van der Waals surface area contributed by atoms with Gasteiger partial charge in [-0.05, 0) is 38.2 Å². The maximum absolute atomic E-state index is 12.3. The van der Waals surface area contributed by atoms with Gasteiger partial charge in [0, 0.05) is 50.0 Å². The number of likely N-dealkylation sites (tertiary alicyclic amines) is 1. The van der Waals surface area contributed by atoms with E-state index in [1.54, 1.807) is 20.4 Å². The summed E-state index contributed by atoms with van der Waals surface area (Å²) in [4.78, 5) is 27.5. The van der Waals surface area contributed by atoms with Crippen LogP contribution >= 0.6 is 0 Å². The molecule has 0 atom stereocenters. The first kappa shape index (κ1) is 25.9. The number of carbonyl (C=O) groups is 2. The Balaban J connectivity index is 0.000000451. The van der Waals surface area contributed by atoms with Crippen LogP contribution in [0.3, 0.4) is 0 Å². The Hall–Kier alpha value is -2.40. The standard InChI is InChI=1S/C19H29N3O3.C2HF3O2/c1-24-13-12-22-17(23)7-10-19(22)8-5-16(6-9-19)21-14-15-4-3-11-20-18(15)25-2;3-2(4,5)1(6)7/h3-4,11,16,21H,5-10,12-14H2,1-2H3;(H,6,7). The van der Waals surface area contributed by atoms with E-state index >= 15 is 0 Å². The van der Waals surface area contributed by atoms with Gasteiger partial charge >= 0.3 is 12.1 Å². The number of carboxylic acids is 1. The third kappa shape index (κ3) is 6.80. The molecule has 3 rings (SSSR count). The zero-order valence-electron chi connectivity index (χ0n) is 18.3. The fraction of sp³-hybridized carbons (Fsp3) is 0.667. The van der Waals surface area contributed by atoms with Crippen molar-refractivity contribution in [1.29, 1.82) is 0 Å². The van der Waals surface area contributed by atoms with Gasteiger partial charge in [-0.15, -0.1) is 0 Å². The molecule has 11 heteroatoms. The van der Waals surface area contributed by atoms with Gasteiger partial charge in [0.1, 0.15) is 0 Å². The van der Waals surface area contributed by atoms with E-state index in [4.69, 9.17) is 19.4 Å². The van der Waals surface area contributed by atoms with Crippen LogP contribution in [-0.2, 0) is 20.9 Å². The first-order chi connectivity index (χ1) is 15.1. The summed E-state index contributed by atoms with van der Waals surface area (Å²) in [6.45, 7) is 2.11. The number of amides is 1. The Morgan fingerprint density at radius 3 is 2.53 bits per heavy atom. The SMILES string of the molecule is COCCN1C(=O)CCC12CCC(NCc1cccnc1OC)CC2.O=C(O)C(F)(F)F. The highest BCUT2D eigenvalue weighted by atomic mass is 19.4. The number of nitrogens with zero attached hydrogens (tertiary/aromatic N) is 2. The van der Waals surface area contributed by atoms with Crippen molar-refractivity contribution in [3.05, 3.63) is 23.9 Å². The number of halogens is 3. The van der Waals surface area contributed by atoms with Gasteiger partial charge in [0.25, 0.3) is 0 Å². The number of methoxy groups -OCH3 is 2. The van der Waals surface area contributed by atoms with Crippen molar-refractivity contribution < 1.29 is 37.3 Å². The Morgan fingerprint density at radius 1 is 1.31 bits per heavy atom. The molecule has 1 aliphatic carbocycles. The second kappa shape index (κ2) is 11.5. The smallest absolute Gasteiger partial charge is 0.481 e. The fourth-order valence-corrected chi connectivity index (χ4v) is 4.29. The maximum atomic E-state index is 12.3. The lowest BCUT2D eigenvalue weighted by Gasteiger charge is -2.44. The van der Waals surface area contributed by atoms with Crippen molar-refractivity contribution in [3.63, 3.8) is 0 Å². The molecule has 2 N–H and O–H groups in total. The Bertz CT molecular complexity index is 767. The van der Waals surface area contributed by atoms with Crippen LogP contribution in [0.1, 0.15) is 44.1 Å². The molecule has 0 aromatic carbocycles. The summed E-state index contributed by atoms with van der Waals surface area (Å²) in [5, 5.41) is 10.8. The quantitative estimate of drug-likeness (QED) is 0.644. The predicted octanol–water partition coefficient (Wildman–Crippen LogP) is 2.76. The van der Waals surface area contributed by atoms with E-state index in [9.17, 15) is 18.0 Å². The lowest BCUT2D eigenvalue weighted by molar-refractivity contribution is -0.192. The van der Waals surface area contributed by atoms with Crippen LogP contribution in [-0.4, -0.2) is 72.0 Å². The number of aliphatic carboxylic acids is 1. The summed E-state index contributed by atoms with van der Waals surface area (Å²) < 4.78 is 42.2. The molecule has 2 aliphatic rings. The van der Waals surface area contributed by atoms with E-state index in [-0.39, 0.29) is 5.54 Å². The van der Waals surface area contributed by atoms with E-state index < -0.39 is 12.1 Å². The second-order valence-electron chi connectivity index (χ2n) is 7.89. The van der Waals surface area contributed by atoms with Crippen LogP contribution in [0.15, 0.2) is 18.3 Å². The Kier molecular flexibility index (Phi) is 9.26. The summed E-state index contributed by atoms with van der Waals surface area (Å²) >= 11 is 0.